The normalized spacial score (nSPS) is 20.6. The van der Waals surface area contributed by atoms with Gasteiger partial charge in [0.1, 0.15) is 69.5 Å². The highest BCUT2D eigenvalue weighted by Crippen LogP contribution is 2.30. The van der Waals surface area contributed by atoms with Crippen molar-refractivity contribution in [1.82, 2.24) is 88.3 Å². The van der Waals surface area contributed by atoms with E-state index >= 15 is 0 Å². The van der Waals surface area contributed by atoms with Crippen molar-refractivity contribution < 1.29 is 81.4 Å². The van der Waals surface area contributed by atoms with Crippen LogP contribution in [-0.2, 0) is 81.4 Å². The molecule has 0 spiro atoms. The second-order valence-corrected chi connectivity index (χ2v) is 37.1. The molecule has 662 valence electrons. The fraction of sp³-hybridized carbons (Fsp3) is 0.807. The van der Waals surface area contributed by atoms with Crippen molar-refractivity contribution in [2.75, 3.05) is 58.9 Å². The van der Waals surface area contributed by atoms with E-state index in [0.29, 0.717) is 57.3 Å². The van der Waals surface area contributed by atoms with Gasteiger partial charge in [-0.25, -0.2) is 4.79 Å². The second kappa shape index (κ2) is 42.4. The third-order valence-corrected chi connectivity index (χ3v) is 23.0. The minimum absolute atomic E-state index is 0.00246. The molecular weight excluding hydrogens is 1510 g/mol. The lowest BCUT2D eigenvalue weighted by Crippen LogP contribution is -2.67. The SMILES string of the molecule is CC[C@](C)(NC(=O)[C@@H](CC(C)C)NC(=O)[C@@H](C)NC(=O)C(C)(C)NC(=O)C1CCCCN1C(=O)C(C)(C)NC(=O)C(C)(C)NC(=O)CNC(=O)CCNC(=O)[C@H](CC(C)C)NC(=O)C(C)(C)OC(=O)[C@](C)(CC)NC(=O)C1CCCCN1C(=O)C(C)(C)NC(=O)C1CCCCN1C(C)=O)C(=O)NC(CC(C)C)CN1CCCN2CCCC21. The van der Waals surface area contributed by atoms with E-state index in [9.17, 15) is 76.7 Å². The van der Waals surface area contributed by atoms with Crippen LogP contribution in [0, 0.1) is 17.8 Å². The summed E-state index contributed by atoms with van der Waals surface area (Å²) in [7, 11) is 0. The zero-order chi connectivity index (χ0) is 88.3. The van der Waals surface area contributed by atoms with Crippen molar-refractivity contribution >= 4 is 94.6 Å². The highest BCUT2D eigenvalue weighted by atomic mass is 16.6. The Hall–Kier alpha value is -8.56. The van der Waals surface area contributed by atoms with Crippen LogP contribution in [-0.4, -0.2) is 265 Å². The molecule has 5 fully saturated rings. The summed E-state index contributed by atoms with van der Waals surface area (Å²) < 4.78 is 5.81. The lowest BCUT2D eigenvalue weighted by atomic mass is 9.93. The minimum atomic E-state index is -1.91. The Labute approximate surface area is 693 Å². The van der Waals surface area contributed by atoms with Gasteiger partial charge in [0.15, 0.2) is 5.60 Å². The number of nitrogens with zero attached hydrogens (tertiary/aromatic N) is 5. The molecule has 0 saturated carbocycles. The number of ether oxygens (including phenoxy) is 1. The molecule has 0 aromatic rings. The first-order chi connectivity index (χ1) is 54.2. The van der Waals surface area contributed by atoms with Gasteiger partial charge < -0.3 is 83.2 Å². The molecule has 0 aromatic carbocycles. The Balaban J connectivity index is 1.09. The number of hydrogen-bond donors (Lipinski definition) is 12. The fourth-order valence-electron chi connectivity index (χ4n) is 15.6. The number of amides is 15. The number of carbonyl (C=O) groups is 16. The molecule has 15 amide bonds. The van der Waals surface area contributed by atoms with E-state index in [-0.39, 0.29) is 94.3 Å². The molecule has 0 aliphatic carbocycles. The molecule has 34 heteroatoms. The van der Waals surface area contributed by atoms with E-state index in [1.54, 1.807) is 13.8 Å². The Bertz CT molecular complexity index is 3580. The number of esters is 1. The highest BCUT2D eigenvalue weighted by molar-refractivity contribution is 6.02. The zero-order valence-corrected chi connectivity index (χ0v) is 74.1. The van der Waals surface area contributed by atoms with Gasteiger partial charge in [0, 0.05) is 65.2 Å². The summed E-state index contributed by atoms with van der Waals surface area (Å²) in [5, 5.41) is 33.0. The molecular formula is C83H143N17O17. The monoisotopic (exact) mass is 1650 g/mol. The van der Waals surface area contributed by atoms with Crippen molar-refractivity contribution in [3.8, 4) is 0 Å². The molecule has 5 saturated heterocycles. The molecule has 5 rings (SSSR count). The van der Waals surface area contributed by atoms with E-state index < -0.39 is 164 Å². The van der Waals surface area contributed by atoms with E-state index in [4.69, 9.17) is 4.74 Å². The minimum Gasteiger partial charge on any atom is -0.448 e. The van der Waals surface area contributed by atoms with Gasteiger partial charge in [-0.15, -0.1) is 0 Å². The second-order valence-electron chi connectivity index (χ2n) is 37.1. The number of carbonyl (C=O) groups excluding carboxylic acids is 16. The number of nitrogens with one attached hydrogen (secondary N) is 12. The van der Waals surface area contributed by atoms with Crippen molar-refractivity contribution in [3.05, 3.63) is 0 Å². The maximum atomic E-state index is 14.5. The lowest BCUT2D eigenvalue weighted by Gasteiger charge is -2.42. The molecule has 117 heavy (non-hydrogen) atoms. The van der Waals surface area contributed by atoms with Gasteiger partial charge in [0.05, 0.1) is 12.7 Å². The summed E-state index contributed by atoms with van der Waals surface area (Å²) in [6, 6.07) is -6.48. The van der Waals surface area contributed by atoms with Crippen LogP contribution >= 0.6 is 0 Å². The van der Waals surface area contributed by atoms with Gasteiger partial charge in [-0.05, 0) is 223 Å². The summed E-state index contributed by atoms with van der Waals surface area (Å²) in [6.45, 7) is 39.0. The van der Waals surface area contributed by atoms with Crippen LogP contribution in [0.5, 0.6) is 0 Å². The molecule has 5 heterocycles. The van der Waals surface area contributed by atoms with E-state index in [2.05, 4.69) is 87.4 Å². The van der Waals surface area contributed by atoms with E-state index in [0.717, 1.165) is 58.2 Å². The molecule has 0 aromatic heterocycles. The predicted octanol–water partition coefficient (Wildman–Crippen LogP) is 2.47. The Morgan fingerprint density at radius 2 is 0.889 bits per heavy atom. The van der Waals surface area contributed by atoms with Crippen LogP contribution in [0.1, 0.15) is 268 Å². The van der Waals surface area contributed by atoms with Gasteiger partial charge in [-0.3, -0.25) is 81.7 Å². The zero-order valence-electron chi connectivity index (χ0n) is 74.1. The Morgan fingerprint density at radius 3 is 1.41 bits per heavy atom. The Kier molecular flexibility index (Phi) is 35.9. The van der Waals surface area contributed by atoms with Crippen LogP contribution in [0.3, 0.4) is 0 Å². The summed E-state index contributed by atoms with van der Waals surface area (Å²) in [5.74, 6) is -10.2. The third-order valence-electron chi connectivity index (χ3n) is 23.0. The molecule has 5 aliphatic heterocycles. The van der Waals surface area contributed by atoms with Gasteiger partial charge in [0.2, 0.25) is 82.7 Å². The maximum Gasteiger partial charge on any atom is 0.332 e. The van der Waals surface area contributed by atoms with Crippen molar-refractivity contribution in [1.29, 1.82) is 0 Å². The van der Waals surface area contributed by atoms with Crippen molar-refractivity contribution in [2.24, 2.45) is 17.8 Å². The van der Waals surface area contributed by atoms with Crippen molar-refractivity contribution in [3.63, 3.8) is 0 Å². The summed E-state index contributed by atoms with van der Waals surface area (Å²) >= 11 is 0. The molecule has 5 aliphatic rings. The van der Waals surface area contributed by atoms with E-state index in [1.165, 1.54) is 105 Å². The average molecular weight is 1650 g/mol. The topological polar surface area (TPSA) is 443 Å². The number of rotatable bonds is 39. The number of likely N-dealkylation sites (tertiary alicyclic amines) is 3. The van der Waals surface area contributed by atoms with Gasteiger partial charge in [-0.1, -0.05) is 55.4 Å². The third kappa shape index (κ3) is 28.0. The largest absolute Gasteiger partial charge is 0.448 e. The fourth-order valence-corrected chi connectivity index (χ4v) is 15.6. The number of hydrogen-bond acceptors (Lipinski definition) is 19. The molecule has 0 bridgehead atoms. The summed E-state index contributed by atoms with van der Waals surface area (Å²) in [4.78, 5) is 231. The highest BCUT2D eigenvalue weighted by Gasteiger charge is 2.49. The number of fused-ring (bicyclic) bond motifs is 1. The first-order valence-corrected chi connectivity index (χ1v) is 42.6. The van der Waals surface area contributed by atoms with Crippen molar-refractivity contribution in [2.45, 2.75) is 355 Å². The number of piperidine rings is 3. The van der Waals surface area contributed by atoms with Crippen LogP contribution in [0.25, 0.3) is 0 Å². The van der Waals surface area contributed by atoms with Crippen LogP contribution in [0.4, 0.5) is 0 Å². The first-order valence-electron chi connectivity index (χ1n) is 42.6. The average Bonchev–Trinajstić information content (AvgIpc) is 1.44. The van der Waals surface area contributed by atoms with E-state index in [1.807, 2.05) is 34.6 Å². The molecule has 0 radical (unpaired) electrons. The quantitative estimate of drug-likeness (QED) is 0.0393. The first kappa shape index (κ1) is 99.0. The standard InChI is InChI=1S/C83H143N17O17/c1-23-82(21,73(113)87-55(45-50(3)4)49-97-41-32-40-96-39-31-36-63(96)97)93-66(106)57(47-52(7)8)88-64(104)53(9)86-70(110)77(11,12)91-68(108)59-34-26-29-43-99(59)75(115)80(17,18)95-71(111)78(13,14)90-62(103)48-85-61(102)37-38-84-65(105)56(46-51(5)6)89-72(112)81(19,20)117-76(116)83(22,24-2)94-69(109)60-35-27-30-44-100(60)74(114)79(15,16)92-67(107)58-33-25-28-42-98(58)54(10)101/h50-53,55-60,63H,23-49H2,1-22H3,(H,84,105)(H,85,102)(H,86,110)(H,87,113)(H,88,104)(H,89,112)(H,90,103)(H,91,108)(H,92,107)(H,93,106)(H,94,109)(H,95,111)/t53-,55?,56+,57-,58?,59?,60?,63?,82+,83+/m1/s1. The van der Waals surface area contributed by atoms with Gasteiger partial charge in [-0.2, -0.15) is 0 Å². The lowest BCUT2D eigenvalue weighted by molar-refractivity contribution is -0.172. The Morgan fingerprint density at radius 1 is 0.410 bits per heavy atom. The van der Waals surface area contributed by atoms with Gasteiger partial charge >= 0.3 is 5.97 Å². The molecule has 12 N–H and O–H groups in total. The maximum absolute atomic E-state index is 14.5. The summed E-state index contributed by atoms with van der Waals surface area (Å²) in [6.07, 6.45) is 9.32. The smallest absolute Gasteiger partial charge is 0.332 e. The molecule has 5 unspecified atom stereocenters. The predicted molar refractivity (Wildman–Crippen MR) is 440 cm³/mol. The molecule has 10 atom stereocenters. The summed E-state index contributed by atoms with van der Waals surface area (Å²) in [5.41, 5.74) is -11.4. The van der Waals surface area contributed by atoms with Crippen LogP contribution < -0.4 is 63.8 Å². The van der Waals surface area contributed by atoms with Crippen LogP contribution in [0.15, 0.2) is 0 Å². The molecule has 34 nitrogen and oxygen atoms in total. The van der Waals surface area contributed by atoms with Crippen LogP contribution in [0.2, 0.25) is 0 Å². The van der Waals surface area contributed by atoms with Gasteiger partial charge in [0.25, 0.3) is 5.91 Å².